The highest BCUT2D eigenvalue weighted by Crippen LogP contribution is 2.23. The van der Waals surface area contributed by atoms with E-state index in [9.17, 15) is 4.79 Å². The Kier molecular flexibility index (Phi) is 2.79. The molecule has 2 N–H and O–H groups in total. The minimum absolute atomic E-state index is 0.386. The summed E-state index contributed by atoms with van der Waals surface area (Å²) in [6.45, 7) is 0. The summed E-state index contributed by atoms with van der Waals surface area (Å²) in [6.07, 6.45) is 3.37. The van der Waals surface area contributed by atoms with E-state index in [0.717, 1.165) is 22.2 Å². The summed E-state index contributed by atoms with van der Waals surface area (Å²) in [5.74, 6) is 0. The molecule has 6 heteroatoms. The molecule has 3 heterocycles. The van der Waals surface area contributed by atoms with Crippen molar-refractivity contribution >= 4 is 11.0 Å². The molecule has 0 saturated heterocycles. The second-order valence-electron chi connectivity index (χ2n) is 4.88. The maximum absolute atomic E-state index is 11.9. The second kappa shape index (κ2) is 4.92. The zero-order chi connectivity index (χ0) is 14.9. The van der Waals surface area contributed by atoms with Crippen molar-refractivity contribution in [1.82, 2.24) is 25.1 Å². The predicted molar refractivity (Wildman–Crippen MR) is 83.2 cm³/mol. The molecule has 6 nitrogen and oxygen atoms in total. The lowest BCUT2D eigenvalue weighted by molar-refractivity contribution is 1.08. The fourth-order valence-corrected chi connectivity index (χ4v) is 2.36. The number of aromatic nitrogens is 5. The lowest BCUT2D eigenvalue weighted by atomic mass is 10.1. The fraction of sp³-hybridized carbons (Fsp3) is 0. The minimum Gasteiger partial charge on any atom is -0.305 e. The standard InChI is InChI=1S/C16H11N5O/c22-16-19-13(10-4-2-1-3-5-10)7-14(20-16)11-6-12-9-18-21-15(12)17-8-11/h1-9H,(H,17,18,21)(H,19,20,22). The maximum atomic E-state index is 11.9. The molecular formula is C16H11N5O. The van der Waals surface area contributed by atoms with Gasteiger partial charge in [0, 0.05) is 17.1 Å². The topological polar surface area (TPSA) is 87.3 Å². The van der Waals surface area contributed by atoms with Crippen LogP contribution in [0, 0.1) is 0 Å². The summed E-state index contributed by atoms with van der Waals surface area (Å²) in [5.41, 5.74) is 3.33. The molecular weight excluding hydrogens is 278 g/mol. The van der Waals surface area contributed by atoms with E-state index in [4.69, 9.17) is 0 Å². The van der Waals surface area contributed by atoms with E-state index in [0.29, 0.717) is 11.3 Å². The van der Waals surface area contributed by atoms with Gasteiger partial charge in [-0.05, 0) is 17.7 Å². The van der Waals surface area contributed by atoms with Gasteiger partial charge in [-0.15, -0.1) is 0 Å². The number of rotatable bonds is 2. The molecule has 0 aliphatic heterocycles. The Balaban J connectivity index is 1.88. The molecule has 0 atom stereocenters. The van der Waals surface area contributed by atoms with Crippen LogP contribution in [0.25, 0.3) is 33.5 Å². The van der Waals surface area contributed by atoms with Gasteiger partial charge in [-0.2, -0.15) is 10.1 Å². The Labute approximate surface area is 124 Å². The third kappa shape index (κ3) is 2.16. The van der Waals surface area contributed by atoms with Gasteiger partial charge in [0.2, 0.25) is 0 Å². The number of nitrogens with zero attached hydrogens (tertiary/aromatic N) is 3. The van der Waals surface area contributed by atoms with Crippen LogP contribution in [0.4, 0.5) is 0 Å². The van der Waals surface area contributed by atoms with Gasteiger partial charge in [-0.25, -0.2) is 9.78 Å². The van der Waals surface area contributed by atoms with E-state index in [-0.39, 0.29) is 5.69 Å². The highest BCUT2D eigenvalue weighted by atomic mass is 16.1. The van der Waals surface area contributed by atoms with Gasteiger partial charge >= 0.3 is 5.69 Å². The molecule has 4 aromatic rings. The molecule has 1 aromatic carbocycles. The number of fused-ring (bicyclic) bond motifs is 1. The number of benzene rings is 1. The highest BCUT2D eigenvalue weighted by Gasteiger charge is 2.07. The van der Waals surface area contributed by atoms with Crippen molar-refractivity contribution in [3.8, 4) is 22.5 Å². The summed E-state index contributed by atoms with van der Waals surface area (Å²) < 4.78 is 0. The largest absolute Gasteiger partial charge is 0.345 e. The quantitative estimate of drug-likeness (QED) is 0.593. The summed E-state index contributed by atoms with van der Waals surface area (Å²) in [4.78, 5) is 22.9. The molecule has 3 aromatic heterocycles. The lowest BCUT2D eigenvalue weighted by Gasteiger charge is -2.04. The van der Waals surface area contributed by atoms with Crippen LogP contribution in [0.3, 0.4) is 0 Å². The summed E-state index contributed by atoms with van der Waals surface area (Å²) in [7, 11) is 0. The number of H-pyrrole nitrogens is 2. The van der Waals surface area contributed by atoms with Crippen LogP contribution < -0.4 is 5.69 Å². The summed E-state index contributed by atoms with van der Waals surface area (Å²) in [5, 5.41) is 7.62. The van der Waals surface area contributed by atoms with Crippen LogP contribution in [-0.4, -0.2) is 25.1 Å². The Morgan fingerprint density at radius 1 is 0.955 bits per heavy atom. The van der Waals surface area contributed by atoms with Crippen LogP contribution in [0.15, 0.2) is 59.7 Å². The molecule has 0 amide bonds. The molecule has 0 unspecified atom stereocenters. The Morgan fingerprint density at radius 2 is 1.82 bits per heavy atom. The van der Waals surface area contributed by atoms with E-state index in [1.165, 1.54) is 0 Å². The van der Waals surface area contributed by atoms with Crippen LogP contribution in [-0.2, 0) is 0 Å². The normalized spacial score (nSPS) is 10.9. The molecule has 0 saturated carbocycles. The molecule has 0 aliphatic rings. The maximum Gasteiger partial charge on any atom is 0.345 e. The van der Waals surface area contributed by atoms with Gasteiger partial charge in [0.05, 0.1) is 17.6 Å². The van der Waals surface area contributed by atoms with E-state index >= 15 is 0 Å². The van der Waals surface area contributed by atoms with Crippen LogP contribution in [0.1, 0.15) is 0 Å². The van der Waals surface area contributed by atoms with Gasteiger partial charge < -0.3 is 4.98 Å². The first-order chi connectivity index (χ1) is 10.8. The van der Waals surface area contributed by atoms with Gasteiger partial charge in [0.1, 0.15) is 0 Å². The Morgan fingerprint density at radius 3 is 2.68 bits per heavy atom. The van der Waals surface area contributed by atoms with Crippen molar-refractivity contribution in [2.24, 2.45) is 0 Å². The number of aromatic amines is 2. The molecule has 0 spiro atoms. The van der Waals surface area contributed by atoms with Crippen molar-refractivity contribution < 1.29 is 0 Å². The van der Waals surface area contributed by atoms with Crippen molar-refractivity contribution in [2.45, 2.75) is 0 Å². The van der Waals surface area contributed by atoms with Crippen LogP contribution >= 0.6 is 0 Å². The smallest absolute Gasteiger partial charge is 0.305 e. The fourth-order valence-electron chi connectivity index (χ4n) is 2.36. The van der Waals surface area contributed by atoms with E-state index in [1.54, 1.807) is 12.4 Å². The van der Waals surface area contributed by atoms with Gasteiger partial charge in [-0.1, -0.05) is 30.3 Å². The first-order valence-electron chi connectivity index (χ1n) is 6.76. The average molecular weight is 289 g/mol. The molecule has 106 valence electrons. The molecule has 0 bridgehead atoms. The summed E-state index contributed by atoms with van der Waals surface area (Å²) in [6, 6.07) is 13.4. The van der Waals surface area contributed by atoms with Crippen molar-refractivity contribution in [1.29, 1.82) is 0 Å². The molecule has 22 heavy (non-hydrogen) atoms. The zero-order valence-corrected chi connectivity index (χ0v) is 11.4. The van der Waals surface area contributed by atoms with Gasteiger partial charge in [-0.3, -0.25) is 5.10 Å². The van der Waals surface area contributed by atoms with Gasteiger partial charge in [0.25, 0.3) is 0 Å². The first kappa shape index (κ1) is 12.5. The molecule has 0 fully saturated rings. The third-order valence-electron chi connectivity index (χ3n) is 3.42. The van der Waals surface area contributed by atoms with E-state index in [1.807, 2.05) is 42.5 Å². The average Bonchev–Trinajstić information content (AvgIpc) is 3.02. The zero-order valence-electron chi connectivity index (χ0n) is 11.4. The molecule has 4 rings (SSSR count). The Bertz CT molecular complexity index is 1000. The van der Waals surface area contributed by atoms with Crippen molar-refractivity contribution in [2.75, 3.05) is 0 Å². The number of nitrogens with one attached hydrogen (secondary N) is 2. The number of hydrogen-bond acceptors (Lipinski definition) is 4. The number of hydrogen-bond donors (Lipinski definition) is 2. The lowest BCUT2D eigenvalue weighted by Crippen LogP contribution is -2.11. The minimum atomic E-state index is -0.386. The molecule has 0 radical (unpaired) electrons. The monoisotopic (exact) mass is 289 g/mol. The second-order valence-corrected chi connectivity index (χ2v) is 4.88. The summed E-state index contributed by atoms with van der Waals surface area (Å²) >= 11 is 0. The van der Waals surface area contributed by atoms with Crippen molar-refractivity contribution in [3.05, 3.63) is 65.3 Å². The predicted octanol–water partition coefficient (Wildman–Crippen LogP) is 2.38. The highest BCUT2D eigenvalue weighted by molar-refractivity contribution is 5.80. The van der Waals surface area contributed by atoms with Crippen LogP contribution in [0.2, 0.25) is 0 Å². The Hall–Kier alpha value is -3.28. The molecule has 0 aliphatic carbocycles. The number of pyridine rings is 1. The first-order valence-corrected chi connectivity index (χ1v) is 6.76. The van der Waals surface area contributed by atoms with E-state index < -0.39 is 0 Å². The van der Waals surface area contributed by atoms with Gasteiger partial charge in [0.15, 0.2) is 5.65 Å². The van der Waals surface area contributed by atoms with E-state index in [2.05, 4.69) is 25.1 Å². The van der Waals surface area contributed by atoms with Crippen LogP contribution in [0.5, 0.6) is 0 Å². The third-order valence-corrected chi connectivity index (χ3v) is 3.42. The van der Waals surface area contributed by atoms with Crippen molar-refractivity contribution in [3.63, 3.8) is 0 Å². The SMILES string of the molecule is O=c1nc(-c2cnc3[nH]ncc3c2)cc(-c2ccccc2)[nH]1.